The molecule has 1 aliphatic heterocycles. The zero-order valence-corrected chi connectivity index (χ0v) is 13.3. The number of carbonyl (C=O) groups excluding carboxylic acids is 2. The molecule has 6 heteroatoms. The van der Waals surface area contributed by atoms with Gasteiger partial charge in [0.05, 0.1) is 19.1 Å². The maximum Gasteiger partial charge on any atom is 0.307 e. The van der Waals surface area contributed by atoms with Gasteiger partial charge in [-0.15, -0.1) is 0 Å². The minimum atomic E-state index is -0.390. The van der Waals surface area contributed by atoms with Gasteiger partial charge in [0.15, 0.2) is 0 Å². The molecule has 0 bridgehead atoms. The highest BCUT2D eigenvalue weighted by molar-refractivity contribution is 5.94. The van der Waals surface area contributed by atoms with Crippen LogP contribution in [0, 0.1) is 5.82 Å². The Morgan fingerprint density at radius 2 is 2.09 bits per heavy atom. The number of hydrogen-bond acceptors (Lipinski definition) is 4. The van der Waals surface area contributed by atoms with Crippen molar-refractivity contribution in [1.82, 2.24) is 4.90 Å². The van der Waals surface area contributed by atoms with Gasteiger partial charge in [0, 0.05) is 25.3 Å². The molecule has 1 heterocycles. The first-order valence-electron chi connectivity index (χ1n) is 7.92. The fourth-order valence-electron chi connectivity index (χ4n) is 2.54. The van der Waals surface area contributed by atoms with Crippen molar-refractivity contribution in [2.75, 3.05) is 26.3 Å². The van der Waals surface area contributed by atoms with Crippen molar-refractivity contribution in [3.8, 4) is 0 Å². The monoisotopic (exact) mass is 323 g/mol. The molecule has 0 N–H and O–H groups in total. The molecule has 1 atom stereocenters. The Morgan fingerprint density at radius 3 is 2.70 bits per heavy atom. The third-order valence-electron chi connectivity index (χ3n) is 3.72. The molecule has 1 aliphatic rings. The van der Waals surface area contributed by atoms with E-state index in [0.29, 0.717) is 25.3 Å². The van der Waals surface area contributed by atoms with Crippen molar-refractivity contribution < 1.29 is 23.5 Å². The van der Waals surface area contributed by atoms with Gasteiger partial charge in [-0.05, 0) is 44.0 Å². The van der Waals surface area contributed by atoms with Gasteiger partial charge in [-0.2, -0.15) is 0 Å². The van der Waals surface area contributed by atoms with Crippen molar-refractivity contribution in [2.45, 2.75) is 32.3 Å². The molecule has 0 radical (unpaired) electrons. The van der Waals surface area contributed by atoms with E-state index in [1.165, 1.54) is 24.3 Å². The lowest BCUT2D eigenvalue weighted by Gasteiger charge is -2.25. The molecule has 23 heavy (non-hydrogen) atoms. The second-order valence-electron chi connectivity index (χ2n) is 5.45. The minimum absolute atomic E-state index is 0.0124. The SMILES string of the molecule is CCOC(=O)CCN(CC1CCCO1)C(=O)c1ccc(F)cc1. The summed E-state index contributed by atoms with van der Waals surface area (Å²) in [5.41, 5.74) is 0.397. The van der Waals surface area contributed by atoms with Crippen LogP contribution in [0.25, 0.3) is 0 Å². The molecule has 0 aliphatic carbocycles. The molecule has 1 unspecified atom stereocenters. The Bertz CT molecular complexity index is 526. The van der Waals surface area contributed by atoms with Crippen LogP contribution < -0.4 is 0 Å². The summed E-state index contributed by atoms with van der Waals surface area (Å²) in [5, 5.41) is 0. The van der Waals surface area contributed by atoms with Gasteiger partial charge in [-0.1, -0.05) is 0 Å². The van der Waals surface area contributed by atoms with Gasteiger partial charge in [0.2, 0.25) is 0 Å². The second-order valence-corrected chi connectivity index (χ2v) is 5.45. The molecular formula is C17H22FNO4. The highest BCUT2D eigenvalue weighted by Crippen LogP contribution is 2.16. The normalized spacial score (nSPS) is 17.0. The zero-order chi connectivity index (χ0) is 16.7. The molecule has 0 aromatic heterocycles. The van der Waals surface area contributed by atoms with Gasteiger partial charge in [0.1, 0.15) is 5.82 Å². The molecule has 126 valence electrons. The quantitative estimate of drug-likeness (QED) is 0.723. The minimum Gasteiger partial charge on any atom is -0.466 e. The maximum absolute atomic E-state index is 13.0. The summed E-state index contributed by atoms with van der Waals surface area (Å²) in [7, 11) is 0. The first-order chi connectivity index (χ1) is 11.1. The van der Waals surface area contributed by atoms with Crippen LogP contribution in [-0.2, 0) is 14.3 Å². The molecule has 1 aromatic rings. The topological polar surface area (TPSA) is 55.8 Å². The number of halogens is 1. The van der Waals surface area contributed by atoms with E-state index in [1.807, 2.05) is 0 Å². The fraction of sp³-hybridized carbons (Fsp3) is 0.529. The van der Waals surface area contributed by atoms with Crippen molar-refractivity contribution in [3.05, 3.63) is 35.6 Å². The maximum atomic E-state index is 13.0. The van der Waals surface area contributed by atoms with Crippen LogP contribution in [0.5, 0.6) is 0 Å². The number of ether oxygens (including phenoxy) is 2. The Hall–Kier alpha value is -1.95. The van der Waals surface area contributed by atoms with E-state index in [-0.39, 0.29) is 30.9 Å². The third kappa shape index (κ3) is 5.32. The van der Waals surface area contributed by atoms with Crippen molar-refractivity contribution in [1.29, 1.82) is 0 Å². The van der Waals surface area contributed by atoms with E-state index >= 15 is 0 Å². The van der Waals surface area contributed by atoms with E-state index < -0.39 is 5.82 Å². The Kier molecular flexibility index (Phi) is 6.52. The number of rotatable bonds is 7. The number of carbonyl (C=O) groups is 2. The van der Waals surface area contributed by atoms with E-state index in [9.17, 15) is 14.0 Å². The summed E-state index contributed by atoms with van der Waals surface area (Å²) in [5.74, 6) is -0.958. The van der Waals surface area contributed by atoms with Gasteiger partial charge >= 0.3 is 5.97 Å². The number of hydrogen-bond donors (Lipinski definition) is 0. The Morgan fingerprint density at radius 1 is 1.35 bits per heavy atom. The third-order valence-corrected chi connectivity index (χ3v) is 3.72. The van der Waals surface area contributed by atoms with Crippen LogP contribution >= 0.6 is 0 Å². The Balaban J connectivity index is 2.02. The van der Waals surface area contributed by atoms with Crippen molar-refractivity contribution >= 4 is 11.9 Å². The summed E-state index contributed by atoms with van der Waals surface area (Å²) in [6.07, 6.45) is 1.99. The van der Waals surface area contributed by atoms with E-state index in [4.69, 9.17) is 9.47 Å². The molecular weight excluding hydrogens is 301 g/mol. The summed E-state index contributed by atoms with van der Waals surface area (Å²) < 4.78 is 23.5. The number of benzene rings is 1. The van der Waals surface area contributed by atoms with Crippen LogP contribution in [-0.4, -0.2) is 49.2 Å². The first kappa shape index (κ1) is 17.4. The van der Waals surface area contributed by atoms with Crippen molar-refractivity contribution in [2.24, 2.45) is 0 Å². The average molecular weight is 323 g/mol. The molecule has 1 fully saturated rings. The van der Waals surface area contributed by atoms with E-state index in [1.54, 1.807) is 11.8 Å². The lowest BCUT2D eigenvalue weighted by atomic mass is 10.1. The summed E-state index contributed by atoms with van der Waals surface area (Å²) in [4.78, 5) is 25.7. The Labute approximate surface area is 135 Å². The highest BCUT2D eigenvalue weighted by Gasteiger charge is 2.24. The van der Waals surface area contributed by atoms with Crippen LogP contribution in [0.1, 0.15) is 36.5 Å². The van der Waals surface area contributed by atoms with E-state index in [2.05, 4.69) is 0 Å². The standard InChI is InChI=1S/C17H22FNO4/c1-2-22-16(20)9-10-19(12-15-4-3-11-23-15)17(21)13-5-7-14(18)8-6-13/h5-8,15H,2-4,9-12H2,1H3. The van der Waals surface area contributed by atoms with Crippen LogP contribution in [0.3, 0.4) is 0 Å². The fourth-order valence-corrected chi connectivity index (χ4v) is 2.54. The molecule has 1 aromatic carbocycles. The summed E-state index contributed by atoms with van der Waals surface area (Å²) >= 11 is 0. The average Bonchev–Trinajstić information content (AvgIpc) is 3.05. The van der Waals surface area contributed by atoms with Crippen molar-refractivity contribution in [3.63, 3.8) is 0 Å². The predicted molar refractivity (Wildman–Crippen MR) is 82.5 cm³/mol. The molecule has 0 saturated carbocycles. The number of nitrogens with zero attached hydrogens (tertiary/aromatic N) is 1. The largest absolute Gasteiger partial charge is 0.466 e. The summed E-state index contributed by atoms with van der Waals surface area (Å²) in [6.45, 7) is 3.44. The molecule has 2 rings (SSSR count). The van der Waals surface area contributed by atoms with Gasteiger partial charge in [0.25, 0.3) is 5.91 Å². The summed E-state index contributed by atoms with van der Waals surface area (Å²) in [6, 6.07) is 5.40. The van der Waals surface area contributed by atoms with Crippen LogP contribution in [0.4, 0.5) is 4.39 Å². The lowest BCUT2D eigenvalue weighted by Crippen LogP contribution is -2.39. The van der Waals surface area contributed by atoms with Crippen LogP contribution in [0.2, 0.25) is 0 Å². The smallest absolute Gasteiger partial charge is 0.307 e. The number of esters is 1. The molecule has 5 nitrogen and oxygen atoms in total. The highest BCUT2D eigenvalue weighted by atomic mass is 19.1. The second kappa shape index (κ2) is 8.62. The van der Waals surface area contributed by atoms with Gasteiger partial charge in [-0.3, -0.25) is 9.59 Å². The molecule has 1 saturated heterocycles. The van der Waals surface area contributed by atoms with E-state index in [0.717, 1.165) is 12.8 Å². The predicted octanol–water partition coefficient (Wildman–Crippen LogP) is 2.40. The molecule has 0 spiro atoms. The van der Waals surface area contributed by atoms with Gasteiger partial charge in [-0.25, -0.2) is 4.39 Å². The lowest BCUT2D eigenvalue weighted by molar-refractivity contribution is -0.143. The first-order valence-corrected chi connectivity index (χ1v) is 7.92. The molecule has 1 amide bonds. The number of amides is 1. The van der Waals surface area contributed by atoms with Crippen LogP contribution in [0.15, 0.2) is 24.3 Å². The zero-order valence-electron chi connectivity index (χ0n) is 13.3. The van der Waals surface area contributed by atoms with Gasteiger partial charge < -0.3 is 14.4 Å².